The van der Waals surface area contributed by atoms with E-state index in [4.69, 9.17) is 5.11 Å². The second kappa shape index (κ2) is 4.78. The van der Waals surface area contributed by atoms with Crippen molar-refractivity contribution in [1.29, 1.82) is 0 Å². The minimum absolute atomic E-state index is 0.0731. The lowest BCUT2D eigenvalue weighted by Gasteiger charge is -2.21. The molecule has 2 rings (SSSR count). The molecule has 1 amide bonds. The summed E-state index contributed by atoms with van der Waals surface area (Å²) in [7, 11) is 0. The number of carboxylic acids is 1. The largest absolute Gasteiger partial charge is 0.480 e. The van der Waals surface area contributed by atoms with Crippen LogP contribution in [0.3, 0.4) is 0 Å². The predicted octanol–water partition coefficient (Wildman–Crippen LogP) is 0.655. The van der Waals surface area contributed by atoms with Crippen LogP contribution in [0.25, 0.3) is 0 Å². The molecule has 96 valence electrons. The van der Waals surface area contributed by atoms with Crippen LogP contribution >= 0.6 is 0 Å². The van der Waals surface area contributed by atoms with Crippen LogP contribution in [0.4, 0.5) is 0 Å². The van der Waals surface area contributed by atoms with Gasteiger partial charge in [-0.15, -0.1) is 0 Å². The van der Waals surface area contributed by atoms with Crippen LogP contribution in [-0.2, 0) is 4.79 Å². The Labute approximate surface area is 105 Å². The van der Waals surface area contributed by atoms with Gasteiger partial charge in [-0.05, 0) is 19.1 Å². The molecule has 2 N–H and O–H groups in total. The summed E-state index contributed by atoms with van der Waals surface area (Å²) >= 11 is 0. The van der Waals surface area contributed by atoms with Gasteiger partial charge in [0.25, 0.3) is 5.91 Å². The summed E-state index contributed by atoms with van der Waals surface area (Å²) in [5.74, 6) is -1.43. The minimum Gasteiger partial charge on any atom is -0.480 e. The van der Waals surface area contributed by atoms with E-state index in [9.17, 15) is 14.7 Å². The third-order valence-corrected chi connectivity index (χ3v) is 3.12. The van der Waals surface area contributed by atoms with E-state index in [2.05, 4.69) is 0 Å². The van der Waals surface area contributed by atoms with Crippen molar-refractivity contribution in [1.82, 2.24) is 4.90 Å². The number of amides is 1. The molecule has 5 nitrogen and oxygen atoms in total. The fourth-order valence-electron chi connectivity index (χ4n) is 2.13. The summed E-state index contributed by atoms with van der Waals surface area (Å²) in [6.07, 6.45) is -0.673. The van der Waals surface area contributed by atoms with Gasteiger partial charge in [-0.25, -0.2) is 4.79 Å². The zero-order chi connectivity index (χ0) is 13.3. The number of benzene rings is 1. The molecular formula is C13H15NO4. The highest BCUT2D eigenvalue weighted by Crippen LogP contribution is 2.21. The number of carbonyl (C=O) groups excluding carboxylic acids is 1. The van der Waals surface area contributed by atoms with Gasteiger partial charge < -0.3 is 15.1 Å². The molecule has 5 heteroatoms. The average molecular weight is 249 g/mol. The topological polar surface area (TPSA) is 77.8 Å². The number of carbonyl (C=O) groups is 2. The Morgan fingerprint density at radius 1 is 1.28 bits per heavy atom. The van der Waals surface area contributed by atoms with Gasteiger partial charge in [0.2, 0.25) is 0 Å². The van der Waals surface area contributed by atoms with Crippen molar-refractivity contribution >= 4 is 11.9 Å². The van der Waals surface area contributed by atoms with Crippen molar-refractivity contribution < 1.29 is 19.8 Å². The molecular weight excluding hydrogens is 234 g/mol. The highest BCUT2D eigenvalue weighted by atomic mass is 16.4. The van der Waals surface area contributed by atoms with Crippen LogP contribution in [-0.4, -0.2) is 45.7 Å². The van der Waals surface area contributed by atoms with Crippen LogP contribution in [0.2, 0.25) is 0 Å². The third kappa shape index (κ3) is 2.36. The van der Waals surface area contributed by atoms with Crippen molar-refractivity contribution in [2.75, 3.05) is 6.54 Å². The molecule has 0 spiro atoms. The van der Waals surface area contributed by atoms with Gasteiger partial charge in [0.15, 0.2) is 0 Å². The van der Waals surface area contributed by atoms with Gasteiger partial charge in [0.05, 0.1) is 6.10 Å². The molecule has 1 heterocycles. The lowest BCUT2D eigenvalue weighted by Crippen LogP contribution is -2.40. The average Bonchev–Trinajstić information content (AvgIpc) is 2.71. The molecule has 0 aromatic heterocycles. The zero-order valence-electron chi connectivity index (χ0n) is 10.0. The van der Waals surface area contributed by atoms with Crippen molar-refractivity contribution in [3.05, 3.63) is 35.4 Å². The Kier molecular flexibility index (Phi) is 3.34. The molecule has 1 aliphatic rings. The fourth-order valence-corrected chi connectivity index (χ4v) is 2.13. The number of carboxylic acid groups (broad SMARTS) is 1. The minimum atomic E-state index is -1.08. The summed E-state index contributed by atoms with van der Waals surface area (Å²) in [6, 6.07) is 6.00. The summed E-state index contributed by atoms with van der Waals surface area (Å²) in [5.41, 5.74) is 1.48. The fraction of sp³-hybridized carbons (Fsp3) is 0.385. The number of aliphatic hydroxyl groups excluding tert-OH is 1. The zero-order valence-corrected chi connectivity index (χ0v) is 10.0. The van der Waals surface area contributed by atoms with E-state index in [1.165, 1.54) is 4.90 Å². The lowest BCUT2D eigenvalue weighted by atomic mass is 10.1. The first-order chi connectivity index (χ1) is 8.49. The number of rotatable bonds is 2. The Morgan fingerprint density at radius 3 is 2.44 bits per heavy atom. The molecule has 1 aromatic rings. The summed E-state index contributed by atoms with van der Waals surface area (Å²) in [5, 5.41) is 18.5. The third-order valence-electron chi connectivity index (χ3n) is 3.12. The molecule has 0 bridgehead atoms. The predicted molar refractivity (Wildman–Crippen MR) is 64.3 cm³/mol. The first-order valence-electron chi connectivity index (χ1n) is 5.77. The van der Waals surface area contributed by atoms with Crippen LogP contribution in [0, 0.1) is 6.92 Å². The number of aliphatic hydroxyl groups is 1. The molecule has 18 heavy (non-hydrogen) atoms. The normalized spacial score (nSPS) is 23.1. The summed E-state index contributed by atoms with van der Waals surface area (Å²) < 4.78 is 0. The van der Waals surface area contributed by atoms with Crippen molar-refractivity contribution in [2.24, 2.45) is 0 Å². The Morgan fingerprint density at radius 2 is 1.89 bits per heavy atom. The molecule has 1 fully saturated rings. The number of aryl methyl sites for hydroxylation is 1. The van der Waals surface area contributed by atoms with Gasteiger partial charge in [-0.3, -0.25) is 4.79 Å². The monoisotopic (exact) mass is 249 g/mol. The van der Waals surface area contributed by atoms with Crippen molar-refractivity contribution in [3.63, 3.8) is 0 Å². The molecule has 1 unspecified atom stereocenters. The van der Waals surface area contributed by atoms with E-state index >= 15 is 0 Å². The molecule has 2 atom stereocenters. The maximum absolute atomic E-state index is 12.2. The van der Waals surface area contributed by atoms with Gasteiger partial charge in [0, 0.05) is 18.5 Å². The maximum Gasteiger partial charge on any atom is 0.326 e. The number of hydrogen-bond acceptors (Lipinski definition) is 3. The van der Waals surface area contributed by atoms with Gasteiger partial charge in [-0.1, -0.05) is 17.7 Å². The van der Waals surface area contributed by atoms with E-state index in [0.29, 0.717) is 5.56 Å². The van der Waals surface area contributed by atoms with E-state index < -0.39 is 18.1 Å². The summed E-state index contributed by atoms with van der Waals surface area (Å²) in [6.45, 7) is 1.98. The number of likely N-dealkylation sites (tertiary alicyclic amines) is 1. The number of hydrogen-bond donors (Lipinski definition) is 2. The first kappa shape index (κ1) is 12.6. The molecule has 1 saturated heterocycles. The van der Waals surface area contributed by atoms with Gasteiger partial charge >= 0.3 is 5.97 Å². The maximum atomic E-state index is 12.2. The molecule has 0 radical (unpaired) electrons. The van der Waals surface area contributed by atoms with Gasteiger partial charge in [-0.2, -0.15) is 0 Å². The van der Waals surface area contributed by atoms with E-state index in [1.807, 2.05) is 6.92 Å². The van der Waals surface area contributed by atoms with E-state index in [0.717, 1.165) is 5.56 Å². The number of β-amino-alcohol motifs (C(OH)–C–C–N with tert-alkyl or cyclic N) is 1. The number of aliphatic carboxylic acids is 1. The van der Waals surface area contributed by atoms with Gasteiger partial charge in [0.1, 0.15) is 6.04 Å². The first-order valence-corrected chi connectivity index (χ1v) is 5.77. The Hall–Kier alpha value is -1.88. The molecule has 1 aliphatic heterocycles. The van der Waals surface area contributed by atoms with Crippen molar-refractivity contribution in [2.45, 2.75) is 25.5 Å². The molecule has 1 aromatic carbocycles. The number of nitrogens with zero attached hydrogens (tertiary/aromatic N) is 1. The summed E-state index contributed by atoms with van der Waals surface area (Å²) in [4.78, 5) is 24.4. The van der Waals surface area contributed by atoms with E-state index in [1.54, 1.807) is 24.3 Å². The Bertz CT molecular complexity index is 468. The standard InChI is InChI=1S/C13H15NO4/c1-8-2-4-9(5-3-8)12(16)14-7-10(15)6-11(14)13(17)18/h2-5,10-11,15H,6-7H2,1H3,(H,17,18)/t10-,11?/m1/s1. The van der Waals surface area contributed by atoms with Crippen LogP contribution in [0.15, 0.2) is 24.3 Å². The highest BCUT2D eigenvalue weighted by Gasteiger charge is 2.39. The second-order valence-corrected chi connectivity index (χ2v) is 4.57. The van der Waals surface area contributed by atoms with Crippen LogP contribution in [0.5, 0.6) is 0 Å². The highest BCUT2D eigenvalue weighted by molar-refractivity contribution is 5.97. The smallest absolute Gasteiger partial charge is 0.326 e. The Balaban J connectivity index is 2.22. The second-order valence-electron chi connectivity index (χ2n) is 4.57. The van der Waals surface area contributed by atoms with E-state index in [-0.39, 0.29) is 18.9 Å². The lowest BCUT2D eigenvalue weighted by molar-refractivity contribution is -0.141. The quantitative estimate of drug-likeness (QED) is 0.807. The van der Waals surface area contributed by atoms with Crippen LogP contribution < -0.4 is 0 Å². The molecule has 0 aliphatic carbocycles. The van der Waals surface area contributed by atoms with Crippen molar-refractivity contribution in [3.8, 4) is 0 Å². The molecule has 0 saturated carbocycles. The SMILES string of the molecule is Cc1ccc(C(=O)N2C[C@H](O)CC2C(=O)O)cc1. The van der Waals surface area contributed by atoms with Crippen LogP contribution in [0.1, 0.15) is 22.3 Å².